The number of aromatic nitrogens is 2. The highest BCUT2D eigenvalue weighted by Gasteiger charge is 2.31. The van der Waals surface area contributed by atoms with Crippen molar-refractivity contribution in [1.29, 1.82) is 0 Å². The fourth-order valence-corrected chi connectivity index (χ4v) is 3.12. The van der Waals surface area contributed by atoms with Gasteiger partial charge in [-0.05, 0) is 41.6 Å². The third kappa shape index (κ3) is 1.59. The van der Waals surface area contributed by atoms with Crippen LogP contribution in [0.3, 0.4) is 0 Å². The number of hydrogen-bond acceptors (Lipinski definition) is 1. The minimum absolute atomic E-state index is 0.142. The summed E-state index contributed by atoms with van der Waals surface area (Å²) in [5, 5.41) is 3.31. The lowest BCUT2D eigenvalue weighted by Gasteiger charge is -2.09. The average Bonchev–Trinajstić information content (AvgIpc) is 2.84. The van der Waals surface area contributed by atoms with Crippen LogP contribution in [0, 0.1) is 0 Å². The molecule has 3 rings (SSSR count). The quantitative estimate of drug-likeness (QED) is 0.882. The van der Waals surface area contributed by atoms with E-state index in [9.17, 15) is 4.79 Å². The van der Waals surface area contributed by atoms with Crippen molar-refractivity contribution in [2.45, 2.75) is 50.5 Å². The van der Waals surface area contributed by atoms with Crippen LogP contribution in [-0.2, 0) is 0 Å². The number of nitrogens with one attached hydrogen (secondary N) is 1. The minimum atomic E-state index is 0.142. The van der Waals surface area contributed by atoms with Crippen molar-refractivity contribution in [3.8, 4) is 0 Å². The van der Waals surface area contributed by atoms with E-state index < -0.39 is 0 Å². The molecule has 2 saturated carbocycles. The molecule has 0 radical (unpaired) electrons. The van der Waals surface area contributed by atoms with E-state index in [-0.39, 0.29) is 5.56 Å². The summed E-state index contributed by atoms with van der Waals surface area (Å²) in [4.78, 5) is 12.0. The molecule has 15 heavy (non-hydrogen) atoms. The summed E-state index contributed by atoms with van der Waals surface area (Å²) in [6.45, 7) is 0. The van der Waals surface area contributed by atoms with Crippen LogP contribution in [0.2, 0.25) is 0 Å². The van der Waals surface area contributed by atoms with Gasteiger partial charge in [0.15, 0.2) is 0 Å². The van der Waals surface area contributed by atoms with Gasteiger partial charge in [0.1, 0.15) is 4.47 Å². The van der Waals surface area contributed by atoms with E-state index in [1.165, 1.54) is 25.7 Å². The standard InChI is InChI=1S/C11H15BrN2O/c12-9-10(7-5-6-7)13-14(11(9)15)8-3-1-2-4-8/h7-8,13H,1-6H2. The number of nitrogens with zero attached hydrogens (tertiary/aromatic N) is 1. The molecule has 1 heterocycles. The first-order valence-electron chi connectivity index (χ1n) is 5.77. The Balaban J connectivity index is 2.00. The summed E-state index contributed by atoms with van der Waals surface area (Å²) in [5.74, 6) is 0.606. The largest absolute Gasteiger partial charge is 0.298 e. The predicted octanol–water partition coefficient (Wildman–Crippen LogP) is 2.93. The van der Waals surface area contributed by atoms with E-state index in [0.29, 0.717) is 12.0 Å². The maximum Gasteiger partial charge on any atom is 0.281 e. The maximum atomic E-state index is 12.0. The molecule has 82 valence electrons. The number of rotatable bonds is 2. The fraction of sp³-hybridized carbons (Fsp3) is 0.727. The van der Waals surface area contributed by atoms with E-state index in [2.05, 4.69) is 21.0 Å². The molecule has 3 nitrogen and oxygen atoms in total. The van der Waals surface area contributed by atoms with Gasteiger partial charge in [-0.25, -0.2) is 4.68 Å². The lowest BCUT2D eigenvalue weighted by atomic mass is 10.3. The second-order valence-corrected chi connectivity index (χ2v) is 5.52. The molecule has 2 fully saturated rings. The number of H-pyrrole nitrogens is 1. The molecule has 0 amide bonds. The summed E-state index contributed by atoms with van der Waals surface area (Å²) in [6, 6.07) is 0.418. The van der Waals surface area contributed by atoms with Crippen molar-refractivity contribution in [3.63, 3.8) is 0 Å². The third-order valence-electron chi connectivity index (χ3n) is 3.56. The highest BCUT2D eigenvalue weighted by atomic mass is 79.9. The molecule has 1 aromatic heterocycles. The second kappa shape index (κ2) is 3.51. The topological polar surface area (TPSA) is 37.8 Å². The summed E-state index contributed by atoms with van der Waals surface area (Å²) in [6.07, 6.45) is 7.26. The summed E-state index contributed by atoms with van der Waals surface area (Å²) in [7, 11) is 0. The molecule has 0 aliphatic heterocycles. The van der Waals surface area contributed by atoms with E-state index in [1.54, 1.807) is 0 Å². The van der Waals surface area contributed by atoms with Crippen LogP contribution in [0.5, 0.6) is 0 Å². The van der Waals surface area contributed by atoms with Gasteiger partial charge in [0.05, 0.1) is 11.7 Å². The van der Waals surface area contributed by atoms with Crippen molar-refractivity contribution in [2.75, 3.05) is 0 Å². The number of halogens is 1. The summed E-state index contributed by atoms with van der Waals surface area (Å²) < 4.78 is 2.63. The van der Waals surface area contributed by atoms with Crippen LogP contribution in [0.1, 0.15) is 56.2 Å². The normalized spacial score (nSPS) is 22.5. The lowest BCUT2D eigenvalue weighted by Crippen LogP contribution is -2.20. The van der Waals surface area contributed by atoms with Crippen molar-refractivity contribution in [1.82, 2.24) is 9.78 Å². The van der Waals surface area contributed by atoms with Gasteiger partial charge in [-0.1, -0.05) is 12.8 Å². The fourth-order valence-electron chi connectivity index (χ4n) is 2.51. The van der Waals surface area contributed by atoms with Crippen LogP contribution in [0.25, 0.3) is 0 Å². The van der Waals surface area contributed by atoms with Crippen LogP contribution in [-0.4, -0.2) is 9.78 Å². The van der Waals surface area contributed by atoms with Gasteiger partial charge >= 0.3 is 0 Å². The van der Waals surface area contributed by atoms with Gasteiger partial charge in [0, 0.05) is 5.92 Å². The van der Waals surface area contributed by atoms with Gasteiger partial charge in [0.25, 0.3) is 5.56 Å². The Morgan fingerprint density at radius 3 is 2.47 bits per heavy atom. The van der Waals surface area contributed by atoms with Crippen LogP contribution < -0.4 is 5.56 Å². The van der Waals surface area contributed by atoms with Gasteiger partial charge in [0.2, 0.25) is 0 Å². The maximum absolute atomic E-state index is 12.0. The minimum Gasteiger partial charge on any atom is -0.298 e. The Morgan fingerprint density at radius 1 is 1.20 bits per heavy atom. The molecule has 0 aromatic carbocycles. The predicted molar refractivity (Wildman–Crippen MR) is 62.2 cm³/mol. The smallest absolute Gasteiger partial charge is 0.281 e. The van der Waals surface area contributed by atoms with Crippen molar-refractivity contribution in [3.05, 3.63) is 20.5 Å². The Hall–Kier alpha value is -0.510. The SMILES string of the molecule is O=c1c(Br)c(C2CC2)[nH]n1C1CCCC1. The van der Waals surface area contributed by atoms with Gasteiger partial charge in [-0.15, -0.1) is 0 Å². The highest BCUT2D eigenvalue weighted by molar-refractivity contribution is 9.10. The first-order valence-corrected chi connectivity index (χ1v) is 6.56. The molecule has 1 aromatic rings. The number of hydrogen-bond donors (Lipinski definition) is 1. The molecule has 0 unspecified atom stereocenters. The molecule has 0 atom stereocenters. The molecule has 2 aliphatic carbocycles. The Bertz CT molecular complexity index is 424. The van der Waals surface area contributed by atoms with E-state index in [1.807, 2.05) is 4.68 Å². The first-order chi connectivity index (χ1) is 7.27. The summed E-state index contributed by atoms with van der Waals surface area (Å²) >= 11 is 3.42. The first kappa shape index (κ1) is 9.70. The van der Waals surface area contributed by atoms with Crippen LogP contribution in [0.15, 0.2) is 9.27 Å². The van der Waals surface area contributed by atoms with Crippen LogP contribution >= 0.6 is 15.9 Å². The molecule has 1 N–H and O–H groups in total. The summed E-state index contributed by atoms with van der Waals surface area (Å²) in [5.41, 5.74) is 1.27. The molecule has 4 heteroatoms. The molecule has 0 bridgehead atoms. The van der Waals surface area contributed by atoms with Gasteiger partial charge in [-0.3, -0.25) is 9.89 Å². The molecular formula is C11H15BrN2O. The lowest BCUT2D eigenvalue weighted by molar-refractivity contribution is 0.451. The average molecular weight is 271 g/mol. The van der Waals surface area contributed by atoms with E-state index in [0.717, 1.165) is 23.0 Å². The highest BCUT2D eigenvalue weighted by Crippen LogP contribution is 2.42. The van der Waals surface area contributed by atoms with E-state index >= 15 is 0 Å². The zero-order valence-electron chi connectivity index (χ0n) is 8.63. The number of aromatic amines is 1. The Labute approximate surface area is 97.0 Å². The van der Waals surface area contributed by atoms with Crippen molar-refractivity contribution < 1.29 is 0 Å². The zero-order valence-corrected chi connectivity index (χ0v) is 10.2. The van der Waals surface area contributed by atoms with Crippen molar-refractivity contribution >= 4 is 15.9 Å². The monoisotopic (exact) mass is 270 g/mol. The second-order valence-electron chi connectivity index (χ2n) is 4.73. The van der Waals surface area contributed by atoms with Gasteiger partial charge < -0.3 is 0 Å². The molecular weight excluding hydrogens is 256 g/mol. The van der Waals surface area contributed by atoms with E-state index in [4.69, 9.17) is 0 Å². The molecule has 0 saturated heterocycles. The Kier molecular flexibility index (Phi) is 2.27. The molecule has 2 aliphatic rings. The third-order valence-corrected chi connectivity index (χ3v) is 4.33. The van der Waals surface area contributed by atoms with Gasteiger partial charge in [-0.2, -0.15) is 0 Å². The molecule has 0 spiro atoms. The Morgan fingerprint density at radius 2 is 1.87 bits per heavy atom. The van der Waals surface area contributed by atoms with Crippen LogP contribution in [0.4, 0.5) is 0 Å². The zero-order chi connectivity index (χ0) is 10.4. The van der Waals surface area contributed by atoms with Crippen molar-refractivity contribution in [2.24, 2.45) is 0 Å².